The molecule has 4 rings (SSSR count). The molecule has 3 heterocycles. The van der Waals surface area contributed by atoms with E-state index >= 15 is 0 Å². The van der Waals surface area contributed by atoms with Gasteiger partial charge in [-0.15, -0.1) is 15.3 Å². The Balaban J connectivity index is 1.45. The van der Waals surface area contributed by atoms with Crippen LogP contribution in [0.1, 0.15) is 15.9 Å². The van der Waals surface area contributed by atoms with Crippen molar-refractivity contribution in [2.75, 3.05) is 45.2 Å². The van der Waals surface area contributed by atoms with E-state index in [0.717, 1.165) is 42.2 Å². The van der Waals surface area contributed by atoms with Crippen LogP contribution in [0.3, 0.4) is 0 Å². The number of hydrogen-bond donors (Lipinski definition) is 0. The predicted molar refractivity (Wildman–Crippen MR) is 103 cm³/mol. The second-order valence-corrected chi connectivity index (χ2v) is 7.00. The Bertz CT molecular complexity index is 944. The molecule has 0 N–H and O–H groups in total. The highest BCUT2D eigenvalue weighted by atomic mass is 16.2. The van der Waals surface area contributed by atoms with Gasteiger partial charge in [0.05, 0.1) is 0 Å². The zero-order valence-corrected chi connectivity index (χ0v) is 15.6. The third-order valence-electron chi connectivity index (χ3n) is 4.77. The third kappa shape index (κ3) is 3.61. The van der Waals surface area contributed by atoms with Gasteiger partial charge in [-0.2, -0.15) is 4.52 Å². The van der Waals surface area contributed by atoms with Crippen LogP contribution in [0.4, 0.5) is 5.82 Å². The maximum absolute atomic E-state index is 13.0. The number of amides is 1. The molecule has 1 fully saturated rings. The molecule has 1 saturated heterocycles. The molecule has 27 heavy (non-hydrogen) atoms. The molecule has 0 aliphatic carbocycles. The molecule has 0 saturated carbocycles. The predicted octanol–water partition coefficient (Wildman–Crippen LogP) is 1.15. The van der Waals surface area contributed by atoms with Crippen LogP contribution in [-0.4, -0.2) is 75.8 Å². The lowest BCUT2D eigenvalue weighted by molar-refractivity contribution is 0.0744. The first kappa shape index (κ1) is 17.4. The van der Waals surface area contributed by atoms with Crippen LogP contribution >= 0.6 is 0 Å². The van der Waals surface area contributed by atoms with Gasteiger partial charge >= 0.3 is 0 Å². The minimum absolute atomic E-state index is 0.106. The number of piperazine rings is 1. The molecule has 1 aliphatic rings. The summed E-state index contributed by atoms with van der Waals surface area (Å²) in [5.41, 5.74) is 2.59. The Morgan fingerprint density at radius 2 is 1.85 bits per heavy atom. The smallest absolute Gasteiger partial charge is 0.254 e. The van der Waals surface area contributed by atoms with Crippen LogP contribution in [0, 0.1) is 0 Å². The molecule has 0 radical (unpaired) electrons. The van der Waals surface area contributed by atoms with Crippen LogP contribution in [0.25, 0.3) is 5.65 Å². The molecule has 2 aromatic heterocycles. The SMILES string of the molecule is CN(C)Cc1ccccc1C(=O)N1CCN(c2ccc3nncn3n2)CC1. The summed E-state index contributed by atoms with van der Waals surface area (Å²) in [7, 11) is 4.03. The highest BCUT2D eigenvalue weighted by Crippen LogP contribution is 2.18. The largest absolute Gasteiger partial charge is 0.352 e. The fourth-order valence-corrected chi connectivity index (χ4v) is 3.40. The lowest BCUT2D eigenvalue weighted by Gasteiger charge is -2.35. The van der Waals surface area contributed by atoms with Gasteiger partial charge in [0.1, 0.15) is 12.1 Å². The number of anilines is 1. The Kier molecular flexibility index (Phi) is 4.72. The second-order valence-electron chi connectivity index (χ2n) is 7.00. The molecule has 0 spiro atoms. The standard InChI is InChI=1S/C19H23N7O/c1-23(2)13-15-5-3-4-6-16(15)19(27)25-11-9-24(10-12-25)18-8-7-17-21-20-14-26(17)22-18/h3-8,14H,9-13H2,1-2H3. The zero-order valence-electron chi connectivity index (χ0n) is 15.6. The number of fused-ring (bicyclic) bond motifs is 1. The normalized spacial score (nSPS) is 14.9. The first-order valence-corrected chi connectivity index (χ1v) is 9.06. The van der Waals surface area contributed by atoms with Crippen molar-refractivity contribution in [3.8, 4) is 0 Å². The lowest BCUT2D eigenvalue weighted by atomic mass is 10.1. The zero-order chi connectivity index (χ0) is 18.8. The van der Waals surface area contributed by atoms with Gasteiger partial charge in [-0.1, -0.05) is 18.2 Å². The molecule has 1 aromatic carbocycles. The first-order chi connectivity index (χ1) is 13.1. The summed E-state index contributed by atoms with van der Waals surface area (Å²) in [6.07, 6.45) is 1.60. The molecule has 0 unspecified atom stereocenters. The van der Waals surface area contributed by atoms with E-state index in [9.17, 15) is 4.79 Å². The summed E-state index contributed by atoms with van der Waals surface area (Å²) in [5, 5.41) is 12.4. The summed E-state index contributed by atoms with van der Waals surface area (Å²) >= 11 is 0. The van der Waals surface area contributed by atoms with E-state index in [2.05, 4.69) is 25.1 Å². The lowest BCUT2D eigenvalue weighted by Crippen LogP contribution is -2.49. The van der Waals surface area contributed by atoms with Gasteiger partial charge in [0.2, 0.25) is 0 Å². The topological polar surface area (TPSA) is 69.9 Å². The van der Waals surface area contributed by atoms with Gasteiger partial charge < -0.3 is 14.7 Å². The molecule has 140 valence electrons. The Morgan fingerprint density at radius 3 is 2.63 bits per heavy atom. The van der Waals surface area contributed by atoms with Gasteiger partial charge in [0.15, 0.2) is 5.65 Å². The monoisotopic (exact) mass is 365 g/mol. The number of aromatic nitrogens is 4. The van der Waals surface area contributed by atoms with Crippen molar-refractivity contribution >= 4 is 17.4 Å². The van der Waals surface area contributed by atoms with Gasteiger partial charge in [-0.3, -0.25) is 4.79 Å². The van der Waals surface area contributed by atoms with Crippen LogP contribution in [-0.2, 0) is 6.54 Å². The van der Waals surface area contributed by atoms with E-state index < -0.39 is 0 Å². The maximum Gasteiger partial charge on any atom is 0.254 e. The average Bonchev–Trinajstić information content (AvgIpc) is 3.15. The minimum Gasteiger partial charge on any atom is -0.352 e. The van der Waals surface area contributed by atoms with E-state index in [0.29, 0.717) is 13.1 Å². The second kappa shape index (κ2) is 7.32. The highest BCUT2D eigenvalue weighted by Gasteiger charge is 2.24. The van der Waals surface area contributed by atoms with E-state index in [4.69, 9.17) is 0 Å². The van der Waals surface area contributed by atoms with Gasteiger partial charge in [0, 0.05) is 38.3 Å². The van der Waals surface area contributed by atoms with Crippen molar-refractivity contribution in [1.29, 1.82) is 0 Å². The van der Waals surface area contributed by atoms with Crippen molar-refractivity contribution in [3.63, 3.8) is 0 Å². The van der Waals surface area contributed by atoms with E-state index in [1.165, 1.54) is 0 Å². The summed E-state index contributed by atoms with van der Waals surface area (Å²) in [4.78, 5) is 19.2. The van der Waals surface area contributed by atoms with Gasteiger partial charge in [0.25, 0.3) is 5.91 Å². The fourth-order valence-electron chi connectivity index (χ4n) is 3.40. The highest BCUT2D eigenvalue weighted by molar-refractivity contribution is 5.95. The third-order valence-corrected chi connectivity index (χ3v) is 4.77. The summed E-state index contributed by atoms with van der Waals surface area (Å²) in [6.45, 7) is 3.61. The van der Waals surface area contributed by atoms with Crippen LogP contribution in [0.15, 0.2) is 42.7 Å². The molecule has 3 aromatic rings. The van der Waals surface area contributed by atoms with Crippen LogP contribution in [0.5, 0.6) is 0 Å². The van der Waals surface area contributed by atoms with Crippen molar-refractivity contribution in [3.05, 3.63) is 53.9 Å². The molecule has 1 amide bonds. The van der Waals surface area contributed by atoms with E-state index in [-0.39, 0.29) is 5.91 Å². The Hall–Kier alpha value is -3.00. The van der Waals surface area contributed by atoms with E-state index in [1.807, 2.05) is 55.4 Å². The summed E-state index contributed by atoms with van der Waals surface area (Å²) in [5.74, 6) is 0.983. The molecule has 0 atom stereocenters. The Morgan fingerprint density at radius 1 is 1.07 bits per heavy atom. The van der Waals surface area contributed by atoms with Crippen molar-refractivity contribution in [2.24, 2.45) is 0 Å². The number of benzene rings is 1. The van der Waals surface area contributed by atoms with Gasteiger partial charge in [-0.05, 0) is 37.9 Å². The number of carbonyl (C=O) groups excluding carboxylic acids is 1. The minimum atomic E-state index is 0.106. The molecular formula is C19H23N7O. The number of nitrogens with zero attached hydrogens (tertiary/aromatic N) is 7. The number of carbonyl (C=O) groups is 1. The van der Waals surface area contributed by atoms with Crippen molar-refractivity contribution in [2.45, 2.75) is 6.54 Å². The molecular weight excluding hydrogens is 342 g/mol. The summed E-state index contributed by atoms with van der Waals surface area (Å²) in [6, 6.07) is 11.7. The van der Waals surface area contributed by atoms with Gasteiger partial charge in [-0.25, -0.2) is 0 Å². The maximum atomic E-state index is 13.0. The fraction of sp³-hybridized carbons (Fsp3) is 0.368. The van der Waals surface area contributed by atoms with E-state index in [1.54, 1.807) is 10.8 Å². The van der Waals surface area contributed by atoms with Crippen molar-refractivity contribution in [1.82, 2.24) is 29.6 Å². The quantitative estimate of drug-likeness (QED) is 0.691. The number of hydrogen-bond acceptors (Lipinski definition) is 6. The number of rotatable bonds is 4. The molecule has 0 bridgehead atoms. The molecule has 8 nitrogen and oxygen atoms in total. The first-order valence-electron chi connectivity index (χ1n) is 9.06. The molecule has 8 heteroatoms. The average molecular weight is 365 g/mol. The van der Waals surface area contributed by atoms with Crippen LogP contribution < -0.4 is 4.90 Å². The molecule has 1 aliphatic heterocycles. The van der Waals surface area contributed by atoms with Crippen LogP contribution in [0.2, 0.25) is 0 Å². The Labute approximate surface area is 158 Å². The summed E-state index contributed by atoms with van der Waals surface area (Å²) < 4.78 is 1.67. The van der Waals surface area contributed by atoms with Crippen molar-refractivity contribution < 1.29 is 4.79 Å².